The molecule has 1 atom stereocenters. The molecule has 3 rings (SSSR count). The SMILES string of the molecule is CCC1COCCN1S(=O)(=O)c1ccc(C(=O)Cc2ccc(C)c(I)c2)cc1. The summed E-state index contributed by atoms with van der Waals surface area (Å²) in [5.41, 5.74) is 2.65. The van der Waals surface area contributed by atoms with Crippen LogP contribution in [0, 0.1) is 10.5 Å². The second-order valence-corrected chi connectivity index (χ2v) is 10.0. The molecule has 1 unspecified atom stereocenters. The third kappa shape index (κ3) is 4.64. The van der Waals surface area contributed by atoms with E-state index in [-0.39, 0.29) is 16.7 Å². The Balaban J connectivity index is 1.76. The van der Waals surface area contributed by atoms with Gasteiger partial charge in [-0.25, -0.2) is 8.42 Å². The average molecular weight is 513 g/mol. The maximum Gasteiger partial charge on any atom is 0.243 e. The van der Waals surface area contributed by atoms with Crippen LogP contribution in [0.15, 0.2) is 47.4 Å². The molecule has 28 heavy (non-hydrogen) atoms. The molecule has 0 N–H and O–H groups in total. The first-order valence-corrected chi connectivity index (χ1v) is 11.8. The highest BCUT2D eigenvalue weighted by Crippen LogP contribution is 2.23. The minimum Gasteiger partial charge on any atom is -0.378 e. The molecule has 0 amide bonds. The zero-order valence-electron chi connectivity index (χ0n) is 16.0. The van der Waals surface area contributed by atoms with E-state index in [1.54, 1.807) is 12.1 Å². The topological polar surface area (TPSA) is 63.7 Å². The average Bonchev–Trinajstić information content (AvgIpc) is 2.70. The number of benzene rings is 2. The number of nitrogens with zero attached hydrogens (tertiary/aromatic N) is 1. The Morgan fingerprint density at radius 1 is 1.21 bits per heavy atom. The van der Waals surface area contributed by atoms with Gasteiger partial charge in [-0.3, -0.25) is 4.79 Å². The van der Waals surface area contributed by atoms with Crippen molar-refractivity contribution in [2.75, 3.05) is 19.8 Å². The Kier molecular flexibility index (Phi) is 6.90. The van der Waals surface area contributed by atoms with Crippen molar-refractivity contribution in [1.29, 1.82) is 0 Å². The highest BCUT2D eigenvalue weighted by atomic mass is 127. The monoisotopic (exact) mass is 513 g/mol. The van der Waals surface area contributed by atoms with Crippen molar-refractivity contribution in [3.8, 4) is 0 Å². The van der Waals surface area contributed by atoms with Gasteiger partial charge in [0, 0.05) is 28.1 Å². The normalized spacial score (nSPS) is 18.2. The number of morpholine rings is 1. The fourth-order valence-electron chi connectivity index (χ4n) is 3.26. The van der Waals surface area contributed by atoms with Gasteiger partial charge in [-0.05, 0) is 65.3 Å². The summed E-state index contributed by atoms with van der Waals surface area (Å²) >= 11 is 2.26. The first-order chi connectivity index (χ1) is 13.3. The summed E-state index contributed by atoms with van der Waals surface area (Å²) in [6.07, 6.45) is 0.995. The van der Waals surface area contributed by atoms with Crippen LogP contribution in [0.25, 0.3) is 0 Å². The molecule has 1 heterocycles. The molecule has 0 bridgehead atoms. The molecule has 0 radical (unpaired) electrons. The van der Waals surface area contributed by atoms with Gasteiger partial charge >= 0.3 is 0 Å². The van der Waals surface area contributed by atoms with E-state index in [4.69, 9.17) is 4.74 Å². The largest absolute Gasteiger partial charge is 0.378 e. The van der Waals surface area contributed by atoms with Crippen molar-refractivity contribution >= 4 is 38.4 Å². The maximum absolute atomic E-state index is 13.0. The van der Waals surface area contributed by atoms with Gasteiger partial charge in [0.1, 0.15) is 0 Å². The predicted octanol–water partition coefficient (Wildman–Crippen LogP) is 3.82. The van der Waals surface area contributed by atoms with E-state index in [0.29, 0.717) is 38.2 Å². The van der Waals surface area contributed by atoms with E-state index in [1.165, 1.54) is 22.0 Å². The lowest BCUT2D eigenvalue weighted by Crippen LogP contribution is -2.48. The Bertz CT molecular complexity index is 957. The van der Waals surface area contributed by atoms with E-state index in [9.17, 15) is 13.2 Å². The Labute approximate surface area is 180 Å². The zero-order valence-corrected chi connectivity index (χ0v) is 19.0. The fourth-order valence-corrected chi connectivity index (χ4v) is 5.51. The van der Waals surface area contributed by atoms with Crippen molar-refractivity contribution in [3.05, 3.63) is 62.7 Å². The van der Waals surface area contributed by atoms with Gasteiger partial charge < -0.3 is 4.74 Å². The highest BCUT2D eigenvalue weighted by Gasteiger charge is 2.33. The molecule has 5 nitrogen and oxygen atoms in total. The molecule has 0 spiro atoms. The highest BCUT2D eigenvalue weighted by molar-refractivity contribution is 14.1. The number of aryl methyl sites for hydroxylation is 1. The lowest BCUT2D eigenvalue weighted by atomic mass is 10.0. The summed E-state index contributed by atoms with van der Waals surface area (Å²) in [5.74, 6) is -0.0265. The van der Waals surface area contributed by atoms with Crippen molar-refractivity contribution < 1.29 is 17.9 Å². The van der Waals surface area contributed by atoms with Crippen LogP contribution >= 0.6 is 22.6 Å². The van der Waals surface area contributed by atoms with Gasteiger partial charge in [0.15, 0.2) is 5.78 Å². The molecule has 1 fully saturated rings. The lowest BCUT2D eigenvalue weighted by molar-refractivity contribution is 0.0314. The van der Waals surface area contributed by atoms with Crippen LogP contribution in [0.3, 0.4) is 0 Å². The first kappa shape index (κ1) is 21.4. The summed E-state index contributed by atoms with van der Waals surface area (Å²) in [5, 5.41) is 0. The van der Waals surface area contributed by atoms with E-state index in [1.807, 2.05) is 32.0 Å². The number of hydrogen-bond acceptors (Lipinski definition) is 4. The molecule has 2 aromatic carbocycles. The molecule has 0 aliphatic carbocycles. The molecule has 150 valence electrons. The number of ether oxygens (including phenoxy) is 1. The van der Waals surface area contributed by atoms with Crippen molar-refractivity contribution in [2.24, 2.45) is 0 Å². The van der Waals surface area contributed by atoms with Crippen molar-refractivity contribution in [2.45, 2.75) is 37.6 Å². The van der Waals surface area contributed by atoms with Gasteiger partial charge in [0.05, 0.1) is 18.1 Å². The molecule has 1 aliphatic heterocycles. The van der Waals surface area contributed by atoms with Crippen LogP contribution in [-0.2, 0) is 21.2 Å². The van der Waals surface area contributed by atoms with Gasteiger partial charge in [-0.15, -0.1) is 0 Å². The van der Waals surface area contributed by atoms with Crippen LogP contribution in [0.5, 0.6) is 0 Å². The molecule has 2 aromatic rings. The molecule has 7 heteroatoms. The lowest BCUT2D eigenvalue weighted by Gasteiger charge is -2.33. The number of carbonyl (C=O) groups is 1. The van der Waals surface area contributed by atoms with Gasteiger partial charge in [0.25, 0.3) is 0 Å². The van der Waals surface area contributed by atoms with Crippen LogP contribution in [0.1, 0.15) is 34.8 Å². The van der Waals surface area contributed by atoms with E-state index in [2.05, 4.69) is 22.6 Å². The van der Waals surface area contributed by atoms with Crippen LogP contribution < -0.4 is 0 Å². The predicted molar refractivity (Wildman–Crippen MR) is 117 cm³/mol. The molecule has 1 aliphatic rings. The Morgan fingerprint density at radius 2 is 1.93 bits per heavy atom. The summed E-state index contributed by atoms with van der Waals surface area (Å²) in [6.45, 7) is 5.16. The number of hydrogen-bond donors (Lipinski definition) is 0. The fraction of sp³-hybridized carbons (Fsp3) is 0.381. The quantitative estimate of drug-likeness (QED) is 0.435. The maximum atomic E-state index is 13.0. The number of rotatable bonds is 6. The molecule has 0 saturated carbocycles. The second-order valence-electron chi connectivity index (χ2n) is 6.96. The number of carbonyl (C=O) groups excluding carboxylic acids is 1. The van der Waals surface area contributed by atoms with E-state index >= 15 is 0 Å². The first-order valence-electron chi connectivity index (χ1n) is 9.31. The standard InChI is InChI=1S/C21H24INO4S/c1-3-18-14-27-11-10-23(18)28(25,26)19-8-6-17(7-9-19)21(24)13-16-5-4-15(2)20(22)12-16/h4-9,12,18H,3,10-11,13-14H2,1-2H3. The number of halogens is 1. The molecule has 1 saturated heterocycles. The van der Waals surface area contributed by atoms with Gasteiger partial charge in [-0.1, -0.05) is 31.2 Å². The molecular formula is C21H24INO4S. The smallest absolute Gasteiger partial charge is 0.243 e. The van der Waals surface area contributed by atoms with Crippen molar-refractivity contribution in [3.63, 3.8) is 0 Å². The van der Waals surface area contributed by atoms with Gasteiger partial charge in [-0.2, -0.15) is 4.31 Å². The minimum atomic E-state index is -3.59. The number of ketones is 1. The molecular weight excluding hydrogens is 489 g/mol. The van der Waals surface area contributed by atoms with Gasteiger partial charge in [0.2, 0.25) is 10.0 Å². The second kappa shape index (κ2) is 9.02. The van der Waals surface area contributed by atoms with Crippen LogP contribution in [0.4, 0.5) is 0 Å². The summed E-state index contributed by atoms with van der Waals surface area (Å²) < 4.78 is 34.0. The minimum absolute atomic E-state index is 0.0265. The van der Waals surface area contributed by atoms with E-state index < -0.39 is 10.0 Å². The summed E-state index contributed by atoms with van der Waals surface area (Å²) in [7, 11) is -3.59. The van der Waals surface area contributed by atoms with E-state index in [0.717, 1.165) is 9.13 Å². The number of Topliss-reactive ketones (excluding diaryl/α,β-unsaturated/α-hetero) is 1. The zero-order chi connectivity index (χ0) is 20.3. The Morgan fingerprint density at radius 3 is 2.57 bits per heavy atom. The van der Waals surface area contributed by atoms with Crippen LogP contribution in [-0.4, -0.2) is 44.3 Å². The molecule has 0 aromatic heterocycles. The third-order valence-electron chi connectivity index (χ3n) is 5.03. The van der Waals surface area contributed by atoms with Crippen LogP contribution in [0.2, 0.25) is 0 Å². The Hall–Kier alpha value is -1.29. The number of sulfonamides is 1. The summed E-state index contributed by atoms with van der Waals surface area (Å²) in [6, 6.07) is 12.1. The summed E-state index contributed by atoms with van der Waals surface area (Å²) in [4.78, 5) is 12.8. The third-order valence-corrected chi connectivity index (χ3v) is 8.16. The van der Waals surface area contributed by atoms with Crippen molar-refractivity contribution in [1.82, 2.24) is 4.31 Å².